The number of anilines is 1. The molecular formula is C11H13NO3. The lowest BCUT2D eigenvalue weighted by molar-refractivity contribution is 0.171. The van der Waals surface area contributed by atoms with Crippen LogP contribution in [0.5, 0.6) is 17.2 Å². The summed E-state index contributed by atoms with van der Waals surface area (Å²) in [5, 5.41) is 3.35. The van der Waals surface area contributed by atoms with E-state index < -0.39 is 0 Å². The Hall–Kier alpha value is -1.58. The minimum atomic E-state index is 0.286. The number of benzene rings is 1. The van der Waals surface area contributed by atoms with Gasteiger partial charge in [0.25, 0.3) is 0 Å². The van der Waals surface area contributed by atoms with Gasteiger partial charge in [-0.15, -0.1) is 0 Å². The Morgan fingerprint density at radius 1 is 1.40 bits per heavy atom. The minimum absolute atomic E-state index is 0.286. The first-order valence-electron chi connectivity index (χ1n) is 5.13. The van der Waals surface area contributed by atoms with Gasteiger partial charge in [-0.1, -0.05) is 0 Å². The van der Waals surface area contributed by atoms with Gasteiger partial charge in [-0.05, 0) is 24.5 Å². The van der Waals surface area contributed by atoms with Gasteiger partial charge in [-0.25, -0.2) is 0 Å². The maximum absolute atomic E-state index is 5.40. The van der Waals surface area contributed by atoms with Crippen LogP contribution in [0.25, 0.3) is 0 Å². The summed E-state index contributed by atoms with van der Waals surface area (Å²) in [7, 11) is 1.66. The van der Waals surface area contributed by atoms with Crippen LogP contribution in [0.15, 0.2) is 6.07 Å². The van der Waals surface area contributed by atoms with Crippen LogP contribution < -0.4 is 19.5 Å². The number of methoxy groups -OCH3 is 1. The largest absolute Gasteiger partial charge is 0.491 e. The summed E-state index contributed by atoms with van der Waals surface area (Å²) < 4.78 is 16.2. The number of aryl methyl sites for hydroxylation is 1. The summed E-state index contributed by atoms with van der Waals surface area (Å²) in [6, 6.07) is 2.05. The van der Waals surface area contributed by atoms with Gasteiger partial charge < -0.3 is 19.5 Å². The number of hydrogen-bond donors (Lipinski definition) is 1. The van der Waals surface area contributed by atoms with Crippen molar-refractivity contribution in [2.45, 2.75) is 12.8 Å². The molecule has 3 rings (SSSR count). The molecule has 1 aromatic carbocycles. The molecular weight excluding hydrogens is 194 g/mol. The van der Waals surface area contributed by atoms with Crippen molar-refractivity contribution in [3.8, 4) is 17.2 Å². The van der Waals surface area contributed by atoms with Gasteiger partial charge in [-0.2, -0.15) is 0 Å². The van der Waals surface area contributed by atoms with E-state index in [9.17, 15) is 0 Å². The molecule has 0 amide bonds. The van der Waals surface area contributed by atoms with Gasteiger partial charge in [0.05, 0.1) is 12.8 Å². The van der Waals surface area contributed by atoms with Crippen molar-refractivity contribution in [2.75, 3.05) is 25.8 Å². The van der Waals surface area contributed by atoms with Crippen LogP contribution in [0.4, 0.5) is 5.69 Å². The predicted molar refractivity (Wildman–Crippen MR) is 55.9 cm³/mol. The lowest BCUT2D eigenvalue weighted by atomic mass is 10.0. The van der Waals surface area contributed by atoms with Crippen LogP contribution in [-0.4, -0.2) is 20.4 Å². The van der Waals surface area contributed by atoms with Crippen LogP contribution in [-0.2, 0) is 6.42 Å². The summed E-state index contributed by atoms with van der Waals surface area (Å²) >= 11 is 0. The van der Waals surface area contributed by atoms with Crippen molar-refractivity contribution in [3.05, 3.63) is 11.6 Å². The monoisotopic (exact) mass is 207 g/mol. The van der Waals surface area contributed by atoms with E-state index in [0.29, 0.717) is 0 Å². The molecule has 2 aliphatic heterocycles. The molecule has 15 heavy (non-hydrogen) atoms. The molecule has 0 aliphatic carbocycles. The molecule has 0 atom stereocenters. The molecule has 0 saturated carbocycles. The normalized spacial score (nSPS) is 16.9. The molecule has 4 nitrogen and oxygen atoms in total. The summed E-state index contributed by atoms with van der Waals surface area (Å²) in [5.74, 6) is 2.31. The average Bonchev–Trinajstić information content (AvgIpc) is 2.73. The third-order valence-electron chi connectivity index (χ3n) is 2.83. The molecule has 4 heteroatoms. The quantitative estimate of drug-likeness (QED) is 0.762. The van der Waals surface area contributed by atoms with Crippen LogP contribution in [0.3, 0.4) is 0 Å². The molecule has 0 bridgehead atoms. The summed E-state index contributed by atoms with van der Waals surface area (Å²) in [6.45, 7) is 1.28. The van der Waals surface area contributed by atoms with Crippen molar-refractivity contribution in [1.82, 2.24) is 0 Å². The molecule has 0 radical (unpaired) electrons. The third kappa shape index (κ3) is 1.21. The fourth-order valence-corrected chi connectivity index (χ4v) is 2.14. The Kier molecular flexibility index (Phi) is 1.87. The maximum atomic E-state index is 5.40. The van der Waals surface area contributed by atoms with Gasteiger partial charge in [0.2, 0.25) is 12.5 Å². The van der Waals surface area contributed by atoms with Crippen LogP contribution >= 0.6 is 0 Å². The number of fused-ring (bicyclic) bond motifs is 2. The Bertz CT molecular complexity index is 403. The fraction of sp³-hybridized carbons (Fsp3) is 0.455. The molecule has 2 aliphatic rings. The van der Waals surface area contributed by atoms with Crippen molar-refractivity contribution >= 4 is 5.69 Å². The van der Waals surface area contributed by atoms with E-state index in [1.54, 1.807) is 7.11 Å². The van der Waals surface area contributed by atoms with E-state index in [4.69, 9.17) is 14.2 Å². The lowest BCUT2D eigenvalue weighted by Crippen LogP contribution is -2.12. The second kappa shape index (κ2) is 3.22. The van der Waals surface area contributed by atoms with E-state index in [-0.39, 0.29) is 6.79 Å². The molecule has 80 valence electrons. The molecule has 0 unspecified atom stereocenters. The molecule has 2 heterocycles. The Morgan fingerprint density at radius 2 is 2.33 bits per heavy atom. The van der Waals surface area contributed by atoms with Gasteiger partial charge in [0, 0.05) is 6.54 Å². The highest BCUT2D eigenvalue weighted by Crippen LogP contribution is 2.48. The molecule has 0 saturated heterocycles. The van der Waals surface area contributed by atoms with Crippen LogP contribution in [0.1, 0.15) is 12.0 Å². The average molecular weight is 207 g/mol. The van der Waals surface area contributed by atoms with Gasteiger partial charge in [-0.3, -0.25) is 0 Å². The highest BCUT2D eigenvalue weighted by atomic mass is 16.7. The number of hydrogen-bond acceptors (Lipinski definition) is 4. The summed E-state index contributed by atoms with van der Waals surface area (Å²) in [6.07, 6.45) is 2.21. The van der Waals surface area contributed by atoms with E-state index in [1.165, 1.54) is 5.56 Å². The fourth-order valence-electron chi connectivity index (χ4n) is 2.14. The zero-order valence-corrected chi connectivity index (χ0v) is 8.63. The van der Waals surface area contributed by atoms with Gasteiger partial charge in [0.15, 0.2) is 11.5 Å². The van der Waals surface area contributed by atoms with Crippen molar-refractivity contribution in [2.24, 2.45) is 0 Å². The smallest absolute Gasteiger partial charge is 0.231 e. The van der Waals surface area contributed by atoms with Crippen LogP contribution in [0, 0.1) is 0 Å². The predicted octanol–water partition coefficient (Wildman–Crippen LogP) is 1.78. The molecule has 1 N–H and O–H groups in total. The van der Waals surface area contributed by atoms with Crippen molar-refractivity contribution < 1.29 is 14.2 Å². The topological polar surface area (TPSA) is 39.7 Å². The second-order valence-electron chi connectivity index (χ2n) is 3.71. The Balaban J connectivity index is 2.19. The number of ether oxygens (including phenoxy) is 3. The summed E-state index contributed by atoms with van der Waals surface area (Å²) in [4.78, 5) is 0. The zero-order valence-electron chi connectivity index (χ0n) is 8.63. The second-order valence-corrected chi connectivity index (χ2v) is 3.71. The zero-order chi connectivity index (χ0) is 10.3. The van der Waals surface area contributed by atoms with Crippen molar-refractivity contribution in [1.29, 1.82) is 0 Å². The number of rotatable bonds is 1. The first-order chi connectivity index (χ1) is 7.40. The number of nitrogens with one attached hydrogen (secondary N) is 1. The highest BCUT2D eigenvalue weighted by molar-refractivity contribution is 5.73. The van der Waals surface area contributed by atoms with E-state index in [1.807, 2.05) is 6.07 Å². The van der Waals surface area contributed by atoms with Crippen LogP contribution in [0.2, 0.25) is 0 Å². The molecule has 0 fully saturated rings. The van der Waals surface area contributed by atoms with Crippen molar-refractivity contribution in [3.63, 3.8) is 0 Å². The first kappa shape index (κ1) is 8.71. The standard InChI is InChI=1S/C11H13NO3/c1-13-11-9-7(3-2-4-12-9)5-8-10(11)15-6-14-8/h5,12H,2-4,6H2,1H3. The van der Waals surface area contributed by atoms with E-state index in [2.05, 4.69) is 5.32 Å². The van der Waals surface area contributed by atoms with E-state index in [0.717, 1.165) is 42.3 Å². The molecule has 0 spiro atoms. The van der Waals surface area contributed by atoms with Gasteiger partial charge >= 0.3 is 0 Å². The molecule has 1 aromatic rings. The minimum Gasteiger partial charge on any atom is -0.491 e. The maximum Gasteiger partial charge on any atom is 0.231 e. The third-order valence-corrected chi connectivity index (χ3v) is 2.83. The Morgan fingerprint density at radius 3 is 3.20 bits per heavy atom. The SMILES string of the molecule is COc1c2c(cc3c1OCO3)CCCN2. The van der Waals surface area contributed by atoms with Gasteiger partial charge in [0.1, 0.15) is 0 Å². The molecule has 0 aromatic heterocycles. The highest BCUT2D eigenvalue weighted by Gasteiger charge is 2.26. The lowest BCUT2D eigenvalue weighted by Gasteiger charge is -2.21. The van der Waals surface area contributed by atoms with E-state index >= 15 is 0 Å². The first-order valence-corrected chi connectivity index (χ1v) is 5.13. The Labute approximate surface area is 88.1 Å². The summed E-state index contributed by atoms with van der Waals surface area (Å²) in [5.41, 5.74) is 2.32.